The molecule has 13 heteroatoms. The lowest BCUT2D eigenvalue weighted by atomic mass is 10.1. The van der Waals surface area contributed by atoms with Crippen LogP contribution in [0.1, 0.15) is 16.7 Å². The second-order valence-corrected chi connectivity index (χ2v) is 8.97. The van der Waals surface area contributed by atoms with Crippen molar-refractivity contribution >= 4 is 69.1 Å². The van der Waals surface area contributed by atoms with Crippen LogP contribution in [0, 0.1) is 0 Å². The van der Waals surface area contributed by atoms with E-state index in [1.807, 2.05) is 0 Å². The average Bonchev–Trinajstić information content (AvgIpc) is 3.19. The van der Waals surface area contributed by atoms with Crippen LogP contribution >= 0.6 is 35.0 Å². The summed E-state index contributed by atoms with van der Waals surface area (Å²) >= 11 is 12.6. The Hall–Kier alpha value is -3.02. The first-order chi connectivity index (χ1) is 15.9. The van der Waals surface area contributed by atoms with E-state index in [1.165, 1.54) is 22.9 Å². The molecule has 0 bridgehead atoms. The van der Waals surface area contributed by atoms with Crippen molar-refractivity contribution in [2.24, 2.45) is 0 Å². The summed E-state index contributed by atoms with van der Waals surface area (Å²) in [6.45, 7) is -0.965. The summed E-state index contributed by atoms with van der Waals surface area (Å²) in [5, 5.41) is 12.7. The van der Waals surface area contributed by atoms with Crippen molar-refractivity contribution in [2.45, 2.75) is 12.7 Å². The highest BCUT2D eigenvalue weighted by Gasteiger charge is 2.36. The van der Waals surface area contributed by atoms with Gasteiger partial charge in [0, 0.05) is 10.4 Å². The number of aromatic nitrogens is 2. The third-order valence-corrected chi connectivity index (χ3v) is 6.31. The zero-order chi connectivity index (χ0) is 24.8. The molecule has 2 heterocycles. The van der Waals surface area contributed by atoms with Gasteiger partial charge < -0.3 is 5.11 Å². The SMILES string of the molecule is O=C(O)CN1C(=O)S/C(=C/c2ccc3c(c2)c(Cl)nn3Cc2ccc(Cl)cc2C(F)(F)F)C1=O. The summed E-state index contributed by atoms with van der Waals surface area (Å²) in [7, 11) is 0. The lowest BCUT2D eigenvalue weighted by Crippen LogP contribution is -2.33. The van der Waals surface area contributed by atoms with E-state index in [0.29, 0.717) is 33.1 Å². The Morgan fingerprint density at radius 1 is 1.15 bits per heavy atom. The molecule has 1 saturated heterocycles. The van der Waals surface area contributed by atoms with Crippen LogP contribution in [0.15, 0.2) is 41.3 Å². The minimum absolute atomic E-state index is 0.0325. The van der Waals surface area contributed by atoms with Gasteiger partial charge in [-0.1, -0.05) is 35.3 Å². The highest BCUT2D eigenvalue weighted by atomic mass is 35.5. The lowest BCUT2D eigenvalue weighted by molar-refractivity contribution is -0.140. The zero-order valence-corrected chi connectivity index (χ0v) is 19.1. The van der Waals surface area contributed by atoms with Gasteiger partial charge in [-0.2, -0.15) is 18.3 Å². The molecule has 2 aromatic carbocycles. The molecule has 7 nitrogen and oxygen atoms in total. The van der Waals surface area contributed by atoms with Crippen molar-refractivity contribution in [3.8, 4) is 0 Å². The van der Waals surface area contributed by atoms with Gasteiger partial charge in [-0.25, -0.2) is 0 Å². The van der Waals surface area contributed by atoms with Crippen LogP contribution in [0.3, 0.4) is 0 Å². The van der Waals surface area contributed by atoms with Crippen LogP contribution in [0.5, 0.6) is 0 Å². The third kappa shape index (κ3) is 4.77. The number of hydrogen-bond donors (Lipinski definition) is 1. The minimum atomic E-state index is -4.61. The smallest absolute Gasteiger partial charge is 0.416 e. The van der Waals surface area contributed by atoms with Gasteiger partial charge in [0.25, 0.3) is 11.1 Å². The van der Waals surface area contributed by atoms with Gasteiger partial charge in [0.2, 0.25) is 0 Å². The molecule has 1 aliphatic heterocycles. The van der Waals surface area contributed by atoms with Crippen LogP contribution < -0.4 is 0 Å². The first-order valence-electron chi connectivity index (χ1n) is 9.43. The highest BCUT2D eigenvalue weighted by Crippen LogP contribution is 2.36. The molecule has 4 rings (SSSR count). The molecule has 1 N–H and O–H groups in total. The number of hydrogen-bond acceptors (Lipinski definition) is 5. The van der Waals surface area contributed by atoms with Crippen molar-refractivity contribution in [1.29, 1.82) is 0 Å². The van der Waals surface area contributed by atoms with Gasteiger partial charge >= 0.3 is 12.1 Å². The van der Waals surface area contributed by atoms with Crippen LogP contribution in [-0.2, 0) is 22.3 Å². The van der Waals surface area contributed by atoms with Gasteiger partial charge in [-0.05, 0) is 53.2 Å². The Bertz CT molecular complexity index is 1390. The number of fused-ring (bicyclic) bond motifs is 1. The Labute approximate surface area is 203 Å². The third-order valence-electron chi connectivity index (χ3n) is 4.89. The quantitative estimate of drug-likeness (QED) is 0.436. The summed E-state index contributed by atoms with van der Waals surface area (Å²) in [6.07, 6.45) is -3.20. The number of rotatable bonds is 5. The molecule has 34 heavy (non-hydrogen) atoms. The first-order valence-corrected chi connectivity index (χ1v) is 11.0. The topological polar surface area (TPSA) is 92.5 Å². The van der Waals surface area contributed by atoms with E-state index in [9.17, 15) is 27.6 Å². The molecule has 1 aromatic heterocycles. The van der Waals surface area contributed by atoms with E-state index in [2.05, 4.69) is 5.10 Å². The van der Waals surface area contributed by atoms with Gasteiger partial charge in [0.05, 0.1) is 22.5 Å². The number of halogens is 5. The number of carbonyl (C=O) groups is 3. The highest BCUT2D eigenvalue weighted by molar-refractivity contribution is 8.18. The van der Waals surface area contributed by atoms with E-state index in [0.717, 1.165) is 6.07 Å². The molecular formula is C21H12Cl2F3N3O4S. The number of imide groups is 1. The fourth-order valence-corrected chi connectivity index (χ4v) is 4.66. The second kappa shape index (κ2) is 8.97. The molecular weight excluding hydrogens is 518 g/mol. The number of thioether (sulfide) groups is 1. The van der Waals surface area contributed by atoms with E-state index in [4.69, 9.17) is 28.3 Å². The number of alkyl halides is 3. The predicted octanol–water partition coefficient (Wildman–Crippen LogP) is 5.53. The number of benzene rings is 2. The van der Waals surface area contributed by atoms with E-state index in [1.54, 1.807) is 18.2 Å². The van der Waals surface area contributed by atoms with Crippen molar-refractivity contribution < 1.29 is 32.7 Å². The largest absolute Gasteiger partial charge is 0.480 e. The standard InChI is InChI=1S/C21H12Cl2F3N3O4S/c22-12-3-2-11(14(7-12)21(24,25)26)8-29-15-4-1-10(5-13(15)18(23)27-29)6-16-19(32)28(9-17(30)31)20(33)34-16/h1-7H,8-9H2,(H,30,31)/b16-6+. The zero-order valence-electron chi connectivity index (χ0n) is 16.8. The summed E-state index contributed by atoms with van der Waals surface area (Å²) in [5.74, 6) is -2.06. The lowest BCUT2D eigenvalue weighted by Gasteiger charge is -2.14. The first kappa shape index (κ1) is 24.1. The van der Waals surface area contributed by atoms with Gasteiger partial charge in [0.1, 0.15) is 6.54 Å². The van der Waals surface area contributed by atoms with Crippen LogP contribution in [0.4, 0.5) is 18.0 Å². The van der Waals surface area contributed by atoms with Crippen LogP contribution in [-0.4, -0.2) is 43.4 Å². The van der Waals surface area contributed by atoms with Crippen molar-refractivity contribution in [2.75, 3.05) is 6.54 Å². The normalized spacial score (nSPS) is 15.7. The van der Waals surface area contributed by atoms with Crippen LogP contribution in [0.25, 0.3) is 17.0 Å². The number of carboxylic acids is 1. The Morgan fingerprint density at radius 3 is 2.56 bits per heavy atom. The van der Waals surface area contributed by atoms with E-state index < -0.39 is 35.4 Å². The van der Waals surface area contributed by atoms with Crippen molar-refractivity contribution in [1.82, 2.24) is 14.7 Å². The average molecular weight is 530 g/mol. The van der Waals surface area contributed by atoms with Crippen molar-refractivity contribution in [3.05, 3.63) is 68.2 Å². The Kier molecular flexibility index (Phi) is 6.36. The summed E-state index contributed by atoms with van der Waals surface area (Å²) in [6, 6.07) is 8.20. The van der Waals surface area contributed by atoms with Gasteiger partial charge in [-0.3, -0.25) is 24.0 Å². The molecule has 0 radical (unpaired) electrons. The Balaban J connectivity index is 1.67. The number of amides is 2. The molecule has 0 unspecified atom stereocenters. The maximum atomic E-state index is 13.4. The van der Waals surface area contributed by atoms with Crippen molar-refractivity contribution in [3.63, 3.8) is 0 Å². The number of carboxylic acid groups (broad SMARTS) is 1. The molecule has 0 spiro atoms. The maximum absolute atomic E-state index is 13.4. The number of aliphatic carboxylic acids is 1. The summed E-state index contributed by atoms with van der Waals surface area (Å²) in [5.41, 5.74) is -0.0101. The molecule has 3 aromatic rings. The van der Waals surface area contributed by atoms with E-state index >= 15 is 0 Å². The van der Waals surface area contributed by atoms with Gasteiger partial charge in [-0.15, -0.1) is 0 Å². The molecule has 176 valence electrons. The second-order valence-electron chi connectivity index (χ2n) is 7.19. The summed E-state index contributed by atoms with van der Waals surface area (Å²) < 4.78 is 41.6. The number of carbonyl (C=O) groups excluding carboxylic acids is 2. The molecule has 0 saturated carbocycles. The fourth-order valence-electron chi connectivity index (χ4n) is 3.40. The van der Waals surface area contributed by atoms with Gasteiger partial charge in [0.15, 0.2) is 5.15 Å². The molecule has 0 atom stereocenters. The predicted molar refractivity (Wildman–Crippen MR) is 121 cm³/mol. The molecule has 2 amide bonds. The monoisotopic (exact) mass is 529 g/mol. The number of nitrogens with zero attached hydrogens (tertiary/aromatic N) is 3. The minimum Gasteiger partial charge on any atom is -0.480 e. The fraction of sp³-hybridized carbons (Fsp3) is 0.143. The Morgan fingerprint density at radius 2 is 1.88 bits per heavy atom. The molecule has 1 fully saturated rings. The molecule has 0 aliphatic carbocycles. The van der Waals surface area contributed by atoms with Crippen LogP contribution in [0.2, 0.25) is 10.2 Å². The maximum Gasteiger partial charge on any atom is 0.416 e. The molecule has 1 aliphatic rings. The van der Waals surface area contributed by atoms with E-state index in [-0.39, 0.29) is 27.2 Å². The summed E-state index contributed by atoms with van der Waals surface area (Å²) in [4.78, 5) is 35.8.